The number of morpholine rings is 1. The molecule has 11 heteroatoms. The number of nitrogens with zero attached hydrogens (tertiary/aromatic N) is 5. The first-order valence-corrected chi connectivity index (χ1v) is 13.2. The lowest BCUT2D eigenvalue weighted by molar-refractivity contribution is 0.122. The van der Waals surface area contributed by atoms with E-state index >= 15 is 0 Å². The maximum Gasteiger partial charge on any atom is 0.264 e. The molecule has 0 spiro atoms. The third kappa shape index (κ3) is 4.50. The molecule has 0 amide bonds. The van der Waals surface area contributed by atoms with Gasteiger partial charge in [-0.1, -0.05) is 12.1 Å². The monoisotopic (exact) mass is 484 g/mol. The van der Waals surface area contributed by atoms with Crippen LogP contribution in [0.15, 0.2) is 41.5 Å². The Labute approximate surface area is 198 Å². The fourth-order valence-electron chi connectivity index (χ4n) is 4.48. The molecule has 0 unspecified atom stereocenters. The normalized spacial score (nSPS) is 19.6. The maximum absolute atomic E-state index is 12.9. The van der Waals surface area contributed by atoms with Gasteiger partial charge in [-0.2, -0.15) is 0 Å². The van der Waals surface area contributed by atoms with Crippen LogP contribution in [0.1, 0.15) is 6.42 Å². The van der Waals surface area contributed by atoms with Gasteiger partial charge in [0.2, 0.25) is 10.0 Å². The summed E-state index contributed by atoms with van der Waals surface area (Å²) in [6.45, 7) is 3.94. The molecule has 4 heterocycles. The van der Waals surface area contributed by atoms with Gasteiger partial charge in [-0.05, 0) is 24.6 Å². The van der Waals surface area contributed by atoms with E-state index in [4.69, 9.17) is 9.72 Å². The molecule has 2 saturated heterocycles. The van der Waals surface area contributed by atoms with Crippen LogP contribution in [0, 0.1) is 0 Å². The first-order valence-electron chi connectivity index (χ1n) is 11.3. The topological polar surface area (TPSA) is 110 Å². The molecule has 0 bridgehead atoms. The van der Waals surface area contributed by atoms with Gasteiger partial charge in [-0.3, -0.25) is 4.79 Å². The fourth-order valence-corrected chi connectivity index (χ4v) is 5.37. The molecular weight excluding hydrogens is 456 g/mol. The summed E-state index contributed by atoms with van der Waals surface area (Å²) in [6, 6.07) is 9.85. The van der Waals surface area contributed by atoms with Crippen molar-refractivity contribution in [3.63, 3.8) is 0 Å². The molecule has 0 saturated carbocycles. The SMILES string of the molecule is Cn1cnc2cc(-c3ccc(N4CCOCC4)cc3)nc(N[C@@H]3CCN(S(C)(=O)=O)C3)c2c1=O. The van der Waals surface area contributed by atoms with E-state index in [0.717, 1.165) is 37.6 Å². The summed E-state index contributed by atoms with van der Waals surface area (Å²) in [5.74, 6) is 0.429. The maximum atomic E-state index is 12.9. The van der Waals surface area contributed by atoms with Gasteiger partial charge in [0.25, 0.3) is 5.56 Å². The average Bonchev–Trinajstić information content (AvgIpc) is 3.31. The molecule has 34 heavy (non-hydrogen) atoms. The van der Waals surface area contributed by atoms with Gasteiger partial charge in [-0.15, -0.1) is 0 Å². The summed E-state index contributed by atoms with van der Waals surface area (Å²) in [7, 11) is -1.62. The molecule has 1 aromatic carbocycles. The largest absolute Gasteiger partial charge is 0.378 e. The highest BCUT2D eigenvalue weighted by Crippen LogP contribution is 2.28. The minimum atomic E-state index is -3.27. The van der Waals surface area contributed by atoms with Gasteiger partial charge in [0.1, 0.15) is 11.2 Å². The summed E-state index contributed by atoms with van der Waals surface area (Å²) in [5.41, 5.74) is 3.08. The number of fused-ring (bicyclic) bond motifs is 1. The van der Waals surface area contributed by atoms with Crippen LogP contribution in [0.3, 0.4) is 0 Å². The van der Waals surface area contributed by atoms with E-state index in [0.29, 0.717) is 41.9 Å². The lowest BCUT2D eigenvalue weighted by atomic mass is 10.1. The zero-order chi connectivity index (χ0) is 23.9. The second-order valence-corrected chi connectivity index (χ2v) is 10.8. The molecule has 180 valence electrons. The van der Waals surface area contributed by atoms with Crippen molar-refractivity contribution in [2.45, 2.75) is 12.5 Å². The van der Waals surface area contributed by atoms with Gasteiger partial charge < -0.3 is 19.5 Å². The van der Waals surface area contributed by atoms with Crippen molar-refractivity contribution in [3.05, 3.63) is 47.0 Å². The second kappa shape index (κ2) is 8.97. The van der Waals surface area contributed by atoms with Crippen LogP contribution in [0.25, 0.3) is 22.2 Å². The van der Waals surface area contributed by atoms with Crippen molar-refractivity contribution in [1.82, 2.24) is 18.8 Å². The number of aryl methyl sites for hydroxylation is 1. The third-order valence-electron chi connectivity index (χ3n) is 6.40. The molecule has 2 aliphatic heterocycles. The van der Waals surface area contributed by atoms with Crippen LogP contribution in [0.5, 0.6) is 0 Å². The van der Waals surface area contributed by atoms with Crippen molar-refractivity contribution in [2.75, 3.05) is 55.9 Å². The summed E-state index contributed by atoms with van der Waals surface area (Å²) >= 11 is 0. The zero-order valence-corrected chi connectivity index (χ0v) is 20.1. The van der Waals surface area contributed by atoms with E-state index in [1.807, 2.05) is 18.2 Å². The van der Waals surface area contributed by atoms with E-state index in [9.17, 15) is 13.2 Å². The van der Waals surface area contributed by atoms with Gasteiger partial charge >= 0.3 is 0 Å². The van der Waals surface area contributed by atoms with E-state index in [2.05, 4.69) is 27.3 Å². The highest BCUT2D eigenvalue weighted by atomic mass is 32.2. The van der Waals surface area contributed by atoms with Crippen LogP contribution in [-0.4, -0.2) is 78.9 Å². The van der Waals surface area contributed by atoms with Crippen molar-refractivity contribution >= 4 is 32.4 Å². The summed E-state index contributed by atoms with van der Waals surface area (Å²) in [6.07, 6.45) is 3.35. The van der Waals surface area contributed by atoms with Crippen LogP contribution < -0.4 is 15.8 Å². The van der Waals surface area contributed by atoms with Crippen LogP contribution in [0.4, 0.5) is 11.5 Å². The molecule has 10 nitrogen and oxygen atoms in total. The number of anilines is 2. The number of hydrogen-bond donors (Lipinski definition) is 1. The highest BCUT2D eigenvalue weighted by Gasteiger charge is 2.29. The second-order valence-electron chi connectivity index (χ2n) is 8.81. The number of ether oxygens (including phenoxy) is 1. The molecule has 2 aromatic heterocycles. The molecule has 2 aliphatic rings. The zero-order valence-electron chi connectivity index (χ0n) is 19.3. The molecule has 0 aliphatic carbocycles. The fraction of sp³-hybridized carbons (Fsp3) is 0.435. The number of sulfonamides is 1. The lowest BCUT2D eigenvalue weighted by Crippen LogP contribution is -2.36. The Hall–Kier alpha value is -3.02. The Kier molecular flexibility index (Phi) is 6.00. The van der Waals surface area contributed by atoms with Gasteiger partial charge in [-0.25, -0.2) is 22.7 Å². The predicted molar refractivity (Wildman–Crippen MR) is 132 cm³/mol. The summed E-state index contributed by atoms with van der Waals surface area (Å²) < 4.78 is 32.2. The van der Waals surface area contributed by atoms with Crippen molar-refractivity contribution in [2.24, 2.45) is 7.05 Å². The standard InChI is InChI=1S/C23H28N6O4S/c1-27-15-24-20-13-19(16-3-5-18(6-4-16)28-9-11-33-12-10-28)26-22(21(20)23(27)30)25-17-7-8-29(14-17)34(2,31)32/h3-6,13,15,17H,7-12,14H2,1-2H3,(H,25,26)/t17-/m1/s1. The number of hydrogen-bond acceptors (Lipinski definition) is 8. The van der Waals surface area contributed by atoms with Crippen molar-refractivity contribution in [3.8, 4) is 11.3 Å². The molecule has 1 atom stereocenters. The first kappa shape index (κ1) is 22.8. The van der Waals surface area contributed by atoms with Crippen molar-refractivity contribution < 1.29 is 13.2 Å². The van der Waals surface area contributed by atoms with Crippen LogP contribution in [0.2, 0.25) is 0 Å². The van der Waals surface area contributed by atoms with E-state index in [1.165, 1.54) is 21.5 Å². The van der Waals surface area contributed by atoms with E-state index in [-0.39, 0.29) is 11.6 Å². The highest BCUT2D eigenvalue weighted by molar-refractivity contribution is 7.88. The van der Waals surface area contributed by atoms with E-state index in [1.54, 1.807) is 7.05 Å². The molecule has 1 N–H and O–H groups in total. The molecular formula is C23H28N6O4S. The Morgan fingerprint density at radius 1 is 1.12 bits per heavy atom. The van der Waals surface area contributed by atoms with E-state index < -0.39 is 10.0 Å². The smallest absolute Gasteiger partial charge is 0.264 e. The molecule has 0 radical (unpaired) electrons. The Balaban J connectivity index is 1.50. The third-order valence-corrected chi connectivity index (χ3v) is 7.67. The Morgan fingerprint density at radius 2 is 1.85 bits per heavy atom. The number of rotatable bonds is 5. The van der Waals surface area contributed by atoms with Gasteiger partial charge in [0, 0.05) is 50.5 Å². The van der Waals surface area contributed by atoms with Gasteiger partial charge in [0.15, 0.2) is 0 Å². The van der Waals surface area contributed by atoms with Crippen LogP contribution in [-0.2, 0) is 21.8 Å². The number of pyridine rings is 1. The molecule has 5 rings (SSSR count). The summed E-state index contributed by atoms with van der Waals surface area (Å²) in [5, 5.41) is 3.73. The number of aromatic nitrogens is 3. The Bertz CT molecular complexity index is 1370. The minimum absolute atomic E-state index is 0.144. The van der Waals surface area contributed by atoms with Gasteiger partial charge in [0.05, 0.1) is 37.0 Å². The number of benzene rings is 1. The number of nitrogens with one attached hydrogen (secondary N) is 1. The lowest BCUT2D eigenvalue weighted by Gasteiger charge is -2.28. The predicted octanol–water partition coefficient (Wildman–Crippen LogP) is 1.28. The quantitative estimate of drug-likeness (QED) is 0.577. The molecule has 3 aromatic rings. The first-order chi connectivity index (χ1) is 16.3. The minimum Gasteiger partial charge on any atom is -0.378 e. The Morgan fingerprint density at radius 3 is 2.53 bits per heavy atom. The van der Waals surface area contributed by atoms with Crippen molar-refractivity contribution in [1.29, 1.82) is 0 Å². The van der Waals surface area contributed by atoms with Crippen LogP contribution >= 0.6 is 0 Å². The molecule has 2 fully saturated rings. The summed E-state index contributed by atoms with van der Waals surface area (Å²) in [4.78, 5) is 24.5. The average molecular weight is 485 g/mol.